The van der Waals surface area contributed by atoms with E-state index < -0.39 is 6.04 Å². The molecule has 1 aliphatic rings. The van der Waals surface area contributed by atoms with E-state index in [-0.39, 0.29) is 11.8 Å². The number of fused-ring (bicyclic) bond motifs is 1. The molecule has 3 rings (SSSR count). The zero-order valence-electron chi connectivity index (χ0n) is 15.0. The summed E-state index contributed by atoms with van der Waals surface area (Å²) >= 11 is 1.88. The van der Waals surface area contributed by atoms with Crippen LogP contribution in [0.3, 0.4) is 0 Å². The summed E-state index contributed by atoms with van der Waals surface area (Å²) in [7, 11) is 0. The predicted octanol–water partition coefficient (Wildman–Crippen LogP) is 3.09. The number of amides is 2. The fourth-order valence-corrected chi connectivity index (χ4v) is 4.08. The molecule has 2 aromatic rings. The number of rotatable bonds is 7. The first-order valence-corrected chi connectivity index (χ1v) is 10.1. The lowest BCUT2D eigenvalue weighted by atomic mass is 9.95. The molecule has 0 saturated heterocycles. The van der Waals surface area contributed by atoms with Gasteiger partial charge in [-0.15, -0.1) is 0 Å². The number of aryl methyl sites for hydroxylation is 1. The molecule has 1 heterocycles. The van der Waals surface area contributed by atoms with Crippen LogP contribution in [-0.2, 0) is 17.0 Å². The summed E-state index contributed by atoms with van der Waals surface area (Å²) in [6.07, 6.45) is 1.47. The predicted molar refractivity (Wildman–Crippen MR) is 106 cm³/mol. The van der Waals surface area contributed by atoms with E-state index >= 15 is 0 Å². The van der Waals surface area contributed by atoms with Crippen molar-refractivity contribution in [1.82, 2.24) is 10.6 Å². The Morgan fingerprint density at radius 2 is 1.96 bits per heavy atom. The average Bonchev–Trinajstić information content (AvgIpc) is 2.65. The Morgan fingerprint density at radius 3 is 2.81 bits per heavy atom. The minimum absolute atomic E-state index is 0.100. The van der Waals surface area contributed by atoms with Crippen molar-refractivity contribution in [1.29, 1.82) is 0 Å². The van der Waals surface area contributed by atoms with Crippen LogP contribution in [0.15, 0.2) is 48.5 Å². The van der Waals surface area contributed by atoms with Gasteiger partial charge in [0.15, 0.2) is 0 Å². The molecule has 0 aromatic heterocycles. The Labute approximate surface area is 158 Å². The molecule has 2 N–H and O–H groups in total. The third kappa shape index (κ3) is 4.67. The Kier molecular flexibility index (Phi) is 6.34. The highest BCUT2D eigenvalue weighted by Crippen LogP contribution is 2.17. The van der Waals surface area contributed by atoms with Gasteiger partial charge in [0.05, 0.1) is 0 Å². The van der Waals surface area contributed by atoms with E-state index in [9.17, 15) is 9.59 Å². The summed E-state index contributed by atoms with van der Waals surface area (Å²) in [6, 6.07) is 15.4. The molecule has 0 unspecified atom stereocenters. The van der Waals surface area contributed by atoms with Crippen LogP contribution in [0, 0.1) is 6.92 Å². The fraction of sp³-hybridized carbons (Fsp3) is 0.333. The fourth-order valence-electron chi connectivity index (χ4n) is 3.05. The molecule has 0 fully saturated rings. The van der Waals surface area contributed by atoms with Gasteiger partial charge in [0.2, 0.25) is 5.91 Å². The van der Waals surface area contributed by atoms with Gasteiger partial charge in [0.1, 0.15) is 6.04 Å². The highest BCUT2D eigenvalue weighted by molar-refractivity contribution is 7.98. The molecular formula is C21H24N2O2S. The lowest BCUT2D eigenvalue weighted by Crippen LogP contribution is -2.51. The molecule has 26 heavy (non-hydrogen) atoms. The van der Waals surface area contributed by atoms with Crippen LogP contribution in [0.2, 0.25) is 0 Å². The highest BCUT2D eigenvalue weighted by atomic mass is 32.2. The van der Waals surface area contributed by atoms with E-state index in [1.807, 2.05) is 30.0 Å². The summed E-state index contributed by atoms with van der Waals surface area (Å²) < 4.78 is 0. The van der Waals surface area contributed by atoms with Gasteiger partial charge in [-0.2, -0.15) is 11.8 Å². The number of nitrogens with one attached hydrogen (secondary N) is 2. The van der Waals surface area contributed by atoms with Crippen molar-refractivity contribution in [2.75, 3.05) is 12.3 Å². The molecular weight excluding hydrogens is 344 g/mol. The van der Waals surface area contributed by atoms with Crippen molar-refractivity contribution in [2.24, 2.45) is 0 Å². The molecule has 1 atom stereocenters. The van der Waals surface area contributed by atoms with Crippen molar-refractivity contribution in [3.63, 3.8) is 0 Å². The van der Waals surface area contributed by atoms with E-state index in [1.54, 1.807) is 6.07 Å². The summed E-state index contributed by atoms with van der Waals surface area (Å²) in [6.45, 7) is 2.76. The molecule has 2 aromatic carbocycles. The van der Waals surface area contributed by atoms with Crippen molar-refractivity contribution in [2.45, 2.75) is 31.6 Å². The van der Waals surface area contributed by atoms with Gasteiger partial charge in [-0.3, -0.25) is 9.59 Å². The second kappa shape index (κ2) is 8.90. The molecule has 2 amide bonds. The molecule has 0 radical (unpaired) electrons. The van der Waals surface area contributed by atoms with Gasteiger partial charge in [-0.05, 0) is 41.9 Å². The van der Waals surface area contributed by atoms with E-state index in [0.717, 1.165) is 23.5 Å². The van der Waals surface area contributed by atoms with Gasteiger partial charge in [0.25, 0.3) is 5.91 Å². The summed E-state index contributed by atoms with van der Waals surface area (Å²) in [5, 5.41) is 5.74. The first-order chi connectivity index (χ1) is 12.6. The number of carbonyl (C=O) groups is 2. The number of hydrogen-bond donors (Lipinski definition) is 2. The number of carbonyl (C=O) groups excluding carboxylic acids is 2. The quantitative estimate of drug-likeness (QED) is 0.739. The van der Waals surface area contributed by atoms with Crippen LogP contribution in [0.5, 0.6) is 0 Å². The van der Waals surface area contributed by atoms with E-state index in [2.05, 4.69) is 41.8 Å². The SMILES string of the molecule is Cc1ccccc1CSCCCNC(=O)[C@@H]1Cc2ccccc2C(=O)N1. The van der Waals surface area contributed by atoms with Crippen LogP contribution >= 0.6 is 11.8 Å². The minimum atomic E-state index is -0.475. The Morgan fingerprint density at radius 1 is 1.19 bits per heavy atom. The minimum Gasteiger partial charge on any atom is -0.354 e. The van der Waals surface area contributed by atoms with Crippen LogP contribution < -0.4 is 10.6 Å². The Balaban J connectivity index is 1.37. The highest BCUT2D eigenvalue weighted by Gasteiger charge is 2.28. The molecule has 1 aliphatic heterocycles. The van der Waals surface area contributed by atoms with Crippen LogP contribution in [0.25, 0.3) is 0 Å². The van der Waals surface area contributed by atoms with Crippen LogP contribution in [-0.4, -0.2) is 30.2 Å². The smallest absolute Gasteiger partial charge is 0.252 e. The largest absolute Gasteiger partial charge is 0.354 e. The number of hydrogen-bond acceptors (Lipinski definition) is 3. The molecule has 0 saturated carbocycles. The van der Waals surface area contributed by atoms with E-state index in [4.69, 9.17) is 0 Å². The van der Waals surface area contributed by atoms with Crippen molar-refractivity contribution < 1.29 is 9.59 Å². The molecule has 0 aliphatic carbocycles. The summed E-state index contributed by atoms with van der Waals surface area (Å²) in [4.78, 5) is 24.4. The maximum absolute atomic E-state index is 12.3. The van der Waals surface area contributed by atoms with E-state index in [0.29, 0.717) is 18.5 Å². The monoisotopic (exact) mass is 368 g/mol. The maximum Gasteiger partial charge on any atom is 0.252 e. The zero-order valence-corrected chi connectivity index (χ0v) is 15.8. The van der Waals surface area contributed by atoms with Gasteiger partial charge >= 0.3 is 0 Å². The topological polar surface area (TPSA) is 58.2 Å². The van der Waals surface area contributed by atoms with Crippen LogP contribution in [0.4, 0.5) is 0 Å². The third-order valence-electron chi connectivity index (χ3n) is 4.59. The molecule has 0 bridgehead atoms. The number of thioether (sulfide) groups is 1. The van der Waals surface area contributed by atoms with Gasteiger partial charge in [0, 0.05) is 24.3 Å². The standard InChI is InChI=1S/C21H24N2O2S/c1-15-7-2-3-9-17(15)14-26-12-6-11-22-21(25)19-13-16-8-4-5-10-18(16)20(24)23-19/h2-5,7-10,19H,6,11-14H2,1H3,(H,22,25)(H,23,24)/t19-/m0/s1. The Hall–Kier alpha value is -2.27. The maximum atomic E-state index is 12.3. The molecule has 136 valence electrons. The first-order valence-electron chi connectivity index (χ1n) is 8.94. The summed E-state index contributed by atoms with van der Waals surface area (Å²) in [5.74, 6) is 1.72. The zero-order chi connectivity index (χ0) is 18.4. The first kappa shape index (κ1) is 18.5. The van der Waals surface area contributed by atoms with Crippen molar-refractivity contribution in [3.8, 4) is 0 Å². The van der Waals surface area contributed by atoms with Crippen molar-refractivity contribution in [3.05, 3.63) is 70.8 Å². The average molecular weight is 369 g/mol. The van der Waals surface area contributed by atoms with E-state index in [1.165, 1.54) is 11.1 Å². The Bertz CT molecular complexity index is 791. The second-order valence-electron chi connectivity index (χ2n) is 6.51. The molecule has 5 heteroatoms. The van der Waals surface area contributed by atoms with Gasteiger partial charge < -0.3 is 10.6 Å². The van der Waals surface area contributed by atoms with Gasteiger partial charge in [-0.25, -0.2) is 0 Å². The lowest BCUT2D eigenvalue weighted by Gasteiger charge is -2.24. The summed E-state index contributed by atoms with van der Waals surface area (Å²) in [5.41, 5.74) is 4.29. The third-order valence-corrected chi connectivity index (χ3v) is 5.68. The normalized spacial score (nSPS) is 15.9. The van der Waals surface area contributed by atoms with Crippen molar-refractivity contribution >= 4 is 23.6 Å². The molecule has 4 nitrogen and oxygen atoms in total. The molecule has 0 spiro atoms. The van der Waals surface area contributed by atoms with Crippen LogP contribution in [0.1, 0.15) is 33.5 Å². The second-order valence-corrected chi connectivity index (χ2v) is 7.62. The lowest BCUT2D eigenvalue weighted by molar-refractivity contribution is -0.123. The number of benzene rings is 2. The van der Waals surface area contributed by atoms with Gasteiger partial charge in [-0.1, -0.05) is 42.5 Å².